The number of sulfone groups is 1. The van der Waals surface area contributed by atoms with Crippen molar-refractivity contribution in [2.75, 3.05) is 0 Å². The fraction of sp³-hybridized carbons (Fsp3) is 0.0455. The molecule has 0 fully saturated rings. The molecule has 0 aliphatic heterocycles. The average molecular weight is 396 g/mol. The summed E-state index contributed by atoms with van der Waals surface area (Å²) < 4.78 is 26.2. The van der Waals surface area contributed by atoms with Crippen molar-refractivity contribution < 1.29 is 8.42 Å². The highest BCUT2D eigenvalue weighted by molar-refractivity contribution is 7.95. The molecule has 136 valence electrons. The van der Waals surface area contributed by atoms with Gasteiger partial charge in [0.15, 0.2) is 5.03 Å². The lowest BCUT2D eigenvalue weighted by atomic mass is 10.2. The molecule has 0 aliphatic carbocycles. The molecule has 0 radical (unpaired) electrons. The van der Waals surface area contributed by atoms with Crippen molar-refractivity contribution in [3.63, 3.8) is 0 Å². The largest absolute Gasteiger partial charge is 0.223 e. The van der Waals surface area contributed by atoms with Gasteiger partial charge < -0.3 is 0 Å². The highest BCUT2D eigenvalue weighted by Crippen LogP contribution is 2.24. The van der Waals surface area contributed by atoms with E-state index in [1.54, 1.807) is 30.3 Å². The van der Waals surface area contributed by atoms with Crippen LogP contribution in [0, 0.1) is 6.92 Å². The van der Waals surface area contributed by atoms with Gasteiger partial charge in [0.25, 0.3) is 0 Å². The zero-order valence-corrected chi connectivity index (χ0v) is 16.3. The SMILES string of the molecule is Cc1ccc(/C(Cl)=N/C(=C\c2ccccc2)S(=O)(=O)c2ccccc2)cc1. The van der Waals surface area contributed by atoms with Gasteiger partial charge in [-0.2, -0.15) is 0 Å². The molecule has 0 bridgehead atoms. The van der Waals surface area contributed by atoms with Crippen LogP contribution >= 0.6 is 11.6 Å². The fourth-order valence-electron chi connectivity index (χ4n) is 2.43. The monoisotopic (exact) mass is 395 g/mol. The highest BCUT2D eigenvalue weighted by Gasteiger charge is 2.21. The van der Waals surface area contributed by atoms with Crippen molar-refractivity contribution in [3.05, 3.63) is 107 Å². The standard InChI is InChI=1S/C22H18ClNO2S/c1-17-12-14-19(15-13-17)22(23)24-21(16-18-8-4-2-5-9-18)27(25,26)20-10-6-3-7-11-20/h2-16H,1H3/b21-16+,24-22-. The van der Waals surface area contributed by atoms with E-state index in [1.165, 1.54) is 6.08 Å². The van der Waals surface area contributed by atoms with Gasteiger partial charge in [-0.05, 0) is 30.7 Å². The Morgan fingerprint density at radius 2 is 1.41 bits per heavy atom. The van der Waals surface area contributed by atoms with Crippen LogP contribution in [-0.4, -0.2) is 13.6 Å². The molecule has 3 aromatic rings. The predicted molar refractivity (Wildman–Crippen MR) is 112 cm³/mol. The van der Waals surface area contributed by atoms with Gasteiger partial charge in [0.1, 0.15) is 5.17 Å². The van der Waals surface area contributed by atoms with Gasteiger partial charge in [0.05, 0.1) is 4.90 Å². The van der Waals surface area contributed by atoms with E-state index in [1.807, 2.05) is 61.5 Å². The second-order valence-corrected chi connectivity index (χ2v) is 8.23. The lowest BCUT2D eigenvalue weighted by Gasteiger charge is -2.07. The van der Waals surface area contributed by atoms with E-state index < -0.39 is 9.84 Å². The topological polar surface area (TPSA) is 46.5 Å². The summed E-state index contributed by atoms with van der Waals surface area (Å²) in [5.74, 6) is 0. The van der Waals surface area contributed by atoms with E-state index in [9.17, 15) is 8.42 Å². The van der Waals surface area contributed by atoms with Crippen LogP contribution in [0.4, 0.5) is 0 Å². The predicted octanol–water partition coefficient (Wildman–Crippen LogP) is 5.45. The second kappa shape index (κ2) is 8.33. The third kappa shape index (κ3) is 4.73. The Balaban J connectivity index is 2.12. The summed E-state index contributed by atoms with van der Waals surface area (Å²) in [4.78, 5) is 4.45. The van der Waals surface area contributed by atoms with E-state index in [2.05, 4.69) is 4.99 Å². The summed E-state index contributed by atoms with van der Waals surface area (Å²) in [7, 11) is -3.82. The summed E-state index contributed by atoms with van der Waals surface area (Å²) >= 11 is 6.36. The molecule has 0 amide bonds. The summed E-state index contributed by atoms with van der Waals surface area (Å²) in [5.41, 5.74) is 2.47. The van der Waals surface area contributed by atoms with Gasteiger partial charge in [0, 0.05) is 5.56 Å². The number of hydrogen-bond donors (Lipinski definition) is 0. The molecule has 0 saturated carbocycles. The molecule has 27 heavy (non-hydrogen) atoms. The Labute approximate surface area is 164 Å². The van der Waals surface area contributed by atoms with Gasteiger partial charge >= 0.3 is 0 Å². The van der Waals surface area contributed by atoms with Gasteiger partial charge in [-0.1, -0.05) is 90.0 Å². The number of rotatable bonds is 5. The van der Waals surface area contributed by atoms with Gasteiger partial charge in [-0.25, -0.2) is 13.4 Å². The molecular formula is C22H18ClNO2S. The average Bonchev–Trinajstić information content (AvgIpc) is 2.69. The molecule has 0 aliphatic rings. The van der Waals surface area contributed by atoms with E-state index in [0.29, 0.717) is 5.56 Å². The van der Waals surface area contributed by atoms with Gasteiger partial charge in [0.2, 0.25) is 9.84 Å². The minimum atomic E-state index is -3.82. The van der Waals surface area contributed by atoms with Gasteiger partial charge in [-0.15, -0.1) is 0 Å². The Morgan fingerprint density at radius 3 is 2.00 bits per heavy atom. The lowest BCUT2D eigenvalue weighted by Crippen LogP contribution is -2.05. The van der Waals surface area contributed by atoms with Crippen molar-refractivity contribution in [1.29, 1.82) is 0 Å². The maximum absolute atomic E-state index is 13.1. The van der Waals surface area contributed by atoms with Crippen molar-refractivity contribution in [1.82, 2.24) is 0 Å². The summed E-state index contributed by atoms with van der Waals surface area (Å²) in [5, 5.41) is 0.0159. The zero-order valence-electron chi connectivity index (χ0n) is 14.7. The first kappa shape index (κ1) is 19.1. The quantitative estimate of drug-likeness (QED) is 0.539. The number of halogens is 1. The molecule has 5 heteroatoms. The number of hydrogen-bond acceptors (Lipinski definition) is 3. The molecule has 0 aromatic heterocycles. The van der Waals surface area contributed by atoms with Crippen LogP contribution in [0.3, 0.4) is 0 Å². The number of benzene rings is 3. The Hall–Kier alpha value is -2.69. The minimum absolute atomic E-state index is 0.106. The van der Waals surface area contributed by atoms with Crippen molar-refractivity contribution in [2.45, 2.75) is 11.8 Å². The molecule has 0 spiro atoms. The maximum atomic E-state index is 13.1. The number of aryl methyl sites for hydroxylation is 1. The van der Waals surface area contributed by atoms with Crippen molar-refractivity contribution in [3.8, 4) is 0 Å². The molecule has 3 aromatic carbocycles. The van der Waals surface area contributed by atoms with Crippen LogP contribution in [0.5, 0.6) is 0 Å². The molecular weight excluding hydrogens is 378 g/mol. The Kier molecular flexibility index (Phi) is 5.89. The van der Waals surface area contributed by atoms with Crippen LogP contribution in [-0.2, 0) is 9.84 Å². The van der Waals surface area contributed by atoms with Crippen LogP contribution in [0.2, 0.25) is 0 Å². The summed E-state index contributed by atoms with van der Waals surface area (Å²) in [6.07, 6.45) is 1.53. The molecule has 0 N–H and O–H groups in total. The molecule has 0 saturated heterocycles. The molecule has 0 atom stereocenters. The number of aliphatic imine (C=N–C) groups is 1. The van der Waals surface area contributed by atoms with Crippen LogP contribution in [0.1, 0.15) is 16.7 Å². The first-order valence-corrected chi connectivity index (χ1v) is 10.2. The zero-order chi connectivity index (χ0) is 19.3. The van der Waals surface area contributed by atoms with E-state index >= 15 is 0 Å². The second-order valence-electron chi connectivity index (χ2n) is 5.98. The van der Waals surface area contributed by atoms with E-state index in [4.69, 9.17) is 11.6 Å². The first-order chi connectivity index (χ1) is 13.0. The molecule has 3 rings (SSSR count). The van der Waals surface area contributed by atoms with Crippen molar-refractivity contribution in [2.24, 2.45) is 4.99 Å². The molecule has 3 nitrogen and oxygen atoms in total. The van der Waals surface area contributed by atoms with Gasteiger partial charge in [-0.3, -0.25) is 0 Å². The lowest BCUT2D eigenvalue weighted by molar-refractivity contribution is 0.602. The van der Waals surface area contributed by atoms with E-state index in [-0.39, 0.29) is 15.1 Å². The van der Waals surface area contributed by atoms with Crippen LogP contribution in [0.15, 0.2) is 99.8 Å². The molecule has 0 heterocycles. The minimum Gasteiger partial charge on any atom is -0.223 e. The third-order valence-corrected chi connectivity index (χ3v) is 5.87. The Bertz CT molecular complexity index is 1070. The summed E-state index contributed by atoms with van der Waals surface area (Å²) in [6, 6.07) is 24.8. The number of nitrogens with zero attached hydrogens (tertiary/aromatic N) is 1. The van der Waals surface area contributed by atoms with Crippen LogP contribution < -0.4 is 0 Å². The molecule has 0 unspecified atom stereocenters. The van der Waals surface area contributed by atoms with E-state index in [0.717, 1.165) is 11.1 Å². The van der Waals surface area contributed by atoms with Crippen LogP contribution in [0.25, 0.3) is 6.08 Å². The smallest absolute Gasteiger partial charge is 0.223 e. The third-order valence-electron chi connectivity index (χ3n) is 3.92. The summed E-state index contributed by atoms with van der Waals surface area (Å²) in [6.45, 7) is 1.97. The fourth-order valence-corrected chi connectivity index (χ4v) is 3.96. The normalized spacial score (nSPS) is 12.8. The van der Waals surface area contributed by atoms with Crippen molar-refractivity contribution >= 4 is 32.7 Å². The Morgan fingerprint density at radius 1 is 0.852 bits per heavy atom. The maximum Gasteiger partial charge on any atom is 0.223 e. The first-order valence-electron chi connectivity index (χ1n) is 8.35. The highest BCUT2D eigenvalue weighted by atomic mass is 35.5.